The Bertz CT molecular complexity index is 4280. The molecule has 0 N–H and O–H groups in total. The van der Waals surface area contributed by atoms with E-state index in [9.17, 15) is 0 Å². The lowest BCUT2D eigenvalue weighted by molar-refractivity contribution is 0.669. The molecule has 0 fully saturated rings. The molecule has 306 valence electrons. The summed E-state index contributed by atoms with van der Waals surface area (Å²) in [5.74, 6) is 1.73. The maximum absolute atomic E-state index is 6.67. The third-order valence-electron chi connectivity index (χ3n) is 13.4. The first kappa shape index (κ1) is 36.5. The zero-order valence-corrected chi connectivity index (χ0v) is 35.5. The van der Waals surface area contributed by atoms with E-state index in [1.54, 1.807) is 0 Å². The molecule has 66 heavy (non-hydrogen) atoms. The van der Waals surface area contributed by atoms with Crippen LogP contribution in [0.4, 0.5) is 0 Å². The van der Waals surface area contributed by atoms with Crippen LogP contribution >= 0.6 is 0 Å². The van der Waals surface area contributed by atoms with Gasteiger partial charge in [-0.05, 0) is 96.7 Å². The Labute approximate surface area is 378 Å². The fourth-order valence-electron chi connectivity index (χ4n) is 10.2. The molecule has 11 aromatic carbocycles. The highest BCUT2D eigenvalue weighted by Gasteiger charge is 2.24. The van der Waals surface area contributed by atoms with Gasteiger partial charge in [0, 0.05) is 38.2 Å². The smallest absolute Gasteiger partial charge is 0.166 e. The molecule has 3 heterocycles. The van der Waals surface area contributed by atoms with E-state index in [0.717, 1.165) is 71.9 Å². The van der Waals surface area contributed by atoms with Crippen molar-refractivity contribution in [2.24, 2.45) is 0 Å². The van der Waals surface area contributed by atoms with Crippen LogP contribution in [0.5, 0.6) is 0 Å². The van der Waals surface area contributed by atoms with Gasteiger partial charge in [0.05, 0.1) is 16.7 Å². The number of fused-ring (bicyclic) bond motifs is 12. The first-order valence-corrected chi connectivity index (χ1v) is 22.3. The first-order chi connectivity index (χ1) is 32.7. The Kier molecular flexibility index (Phi) is 7.91. The number of furan rings is 1. The molecular formula is C61H36N4O. The molecule has 0 aliphatic rings. The summed E-state index contributed by atoms with van der Waals surface area (Å²) in [5.41, 5.74) is 9.65. The summed E-state index contributed by atoms with van der Waals surface area (Å²) in [5, 5.41) is 14.0. The second-order valence-electron chi connectivity index (χ2n) is 17.2. The van der Waals surface area contributed by atoms with Crippen LogP contribution in [-0.4, -0.2) is 19.5 Å². The maximum Gasteiger partial charge on any atom is 0.166 e. The molecular weight excluding hydrogens is 805 g/mol. The van der Waals surface area contributed by atoms with Gasteiger partial charge in [0.15, 0.2) is 17.5 Å². The predicted octanol–water partition coefficient (Wildman–Crippen LogP) is 16.1. The highest BCUT2D eigenvalue weighted by Crippen LogP contribution is 2.43. The van der Waals surface area contributed by atoms with E-state index in [0.29, 0.717) is 17.5 Å². The fourth-order valence-corrected chi connectivity index (χ4v) is 10.2. The summed E-state index contributed by atoms with van der Waals surface area (Å²) in [6, 6.07) is 77.6. The Morgan fingerprint density at radius 1 is 0.303 bits per heavy atom. The van der Waals surface area contributed by atoms with Crippen molar-refractivity contribution >= 4 is 86.8 Å². The third kappa shape index (κ3) is 5.70. The molecule has 0 spiro atoms. The van der Waals surface area contributed by atoms with Crippen LogP contribution in [0.2, 0.25) is 0 Å². The van der Waals surface area contributed by atoms with E-state index in [-0.39, 0.29) is 0 Å². The molecule has 0 saturated carbocycles. The minimum atomic E-state index is 0.551. The summed E-state index contributed by atoms with van der Waals surface area (Å²) < 4.78 is 9.08. The normalized spacial score (nSPS) is 11.9. The van der Waals surface area contributed by atoms with Crippen molar-refractivity contribution in [1.82, 2.24) is 19.5 Å². The number of hydrogen-bond donors (Lipinski definition) is 0. The summed E-state index contributed by atoms with van der Waals surface area (Å²) in [7, 11) is 0. The summed E-state index contributed by atoms with van der Waals surface area (Å²) in [6.07, 6.45) is 0. The lowest BCUT2D eigenvalue weighted by Crippen LogP contribution is -2.04. The average Bonchev–Trinajstić information content (AvgIpc) is 3.92. The van der Waals surface area contributed by atoms with Crippen LogP contribution < -0.4 is 0 Å². The van der Waals surface area contributed by atoms with Gasteiger partial charge in [-0.25, -0.2) is 15.0 Å². The Morgan fingerprint density at radius 2 is 0.879 bits per heavy atom. The van der Waals surface area contributed by atoms with Crippen molar-refractivity contribution in [3.63, 3.8) is 0 Å². The van der Waals surface area contributed by atoms with Gasteiger partial charge in [0.1, 0.15) is 11.2 Å². The molecule has 5 heteroatoms. The van der Waals surface area contributed by atoms with Crippen LogP contribution in [0.25, 0.3) is 138 Å². The highest BCUT2D eigenvalue weighted by atomic mass is 16.3. The molecule has 0 amide bonds. The molecule has 0 atom stereocenters. The number of nitrogens with zero attached hydrogens (tertiary/aromatic N) is 4. The van der Waals surface area contributed by atoms with E-state index in [4.69, 9.17) is 19.4 Å². The van der Waals surface area contributed by atoms with Crippen LogP contribution in [0.15, 0.2) is 223 Å². The SMILES string of the molecule is c1ccc(-c2ccc(-c3nc(-c4ccc5c(ccc6ccccc65)c4)nc(-c4cc5oc6ccccc6c5cc4-n4c5cc6ccccc6cc5c5c6ccccc6ccc54)n3)cc2)cc1. The molecule has 5 nitrogen and oxygen atoms in total. The topological polar surface area (TPSA) is 56.7 Å². The number of benzene rings is 11. The number of rotatable bonds is 5. The molecule has 0 aliphatic carbocycles. The van der Waals surface area contributed by atoms with Gasteiger partial charge < -0.3 is 8.98 Å². The minimum absolute atomic E-state index is 0.551. The van der Waals surface area contributed by atoms with Gasteiger partial charge in [0.2, 0.25) is 0 Å². The van der Waals surface area contributed by atoms with Crippen molar-refractivity contribution in [1.29, 1.82) is 0 Å². The van der Waals surface area contributed by atoms with Gasteiger partial charge in [-0.2, -0.15) is 0 Å². The Balaban J connectivity index is 1.07. The minimum Gasteiger partial charge on any atom is -0.456 e. The van der Waals surface area contributed by atoms with Crippen molar-refractivity contribution < 1.29 is 4.42 Å². The summed E-state index contributed by atoms with van der Waals surface area (Å²) >= 11 is 0. The number of hydrogen-bond acceptors (Lipinski definition) is 4. The molecule has 0 saturated heterocycles. The van der Waals surface area contributed by atoms with E-state index < -0.39 is 0 Å². The highest BCUT2D eigenvalue weighted by molar-refractivity contribution is 6.24. The Morgan fingerprint density at radius 3 is 1.70 bits per heavy atom. The first-order valence-electron chi connectivity index (χ1n) is 22.3. The van der Waals surface area contributed by atoms with Crippen molar-refractivity contribution in [3.8, 4) is 51.0 Å². The van der Waals surface area contributed by atoms with E-state index in [2.05, 4.69) is 205 Å². The van der Waals surface area contributed by atoms with E-state index in [1.165, 1.54) is 48.5 Å². The molecule has 14 aromatic rings. The van der Waals surface area contributed by atoms with Crippen molar-refractivity contribution in [2.45, 2.75) is 0 Å². The molecule has 0 bridgehead atoms. The van der Waals surface area contributed by atoms with Crippen molar-refractivity contribution in [3.05, 3.63) is 218 Å². The van der Waals surface area contributed by atoms with Gasteiger partial charge in [0.25, 0.3) is 0 Å². The molecule has 14 rings (SSSR count). The van der Waals surface area contributed by atoms with Crippen LogP contribution in [-0.2, 0) is 0 Å². The largest absolute Gasteiger partial charge is 0.456 e. The zero-order chi connectivity index (χ0) is 43.3. The van der Waals surface area contributed by atoms with Gasteiger partial charge in [-0.1, -0.05) is 176 Å². The van der Waals surface area contributed by atoms with E-state index >= 15 is 0 Å². The van der Waals surface area contributed by atoms with Gasteiger partial charge >= 0.3 is 0 Å². The lowest BCUT2D eigenvalue weighted by Gasteiger charge is -2.16. The van der Waals surface area contributed by atoms with Crippen LogP contribution in [0.3, 0.4) is 0 Å². The molecule has 3 aromatic heterocycles. The van der Waals surface area contributed by atoms with Crippen LogP contribution in [0.1, 0.15) is 0 Å². The lowest BCUT2D eigenvalue weighted by atomic mass is 10.00. The average molecular weight is 841 g/mol. The third-order valence-corrected chi connectivity index (χ3v) is 13.4. The quantitative estimate of drug-likeness (QED) is 0.162. The number of aromatic nitrogens is 4. The van der Waals surface area contributed by atoms with Crippen LogP contribution in [0, 0.1) is 0 Å². The fraction of sp³-hybridized carbons (Fsp3) is 0. The predicted molar refractivity (Wildman–Crippen MR) is 273 cm³/mol. The Hall–Kier alpha value is -8.93. The zero-order valence-electron chi connectivity index (χ0n) is 35.5. The number of para-hydroxylation sites is 1. The summed E-state index contributed by atoms with van der Waals surface area (Å²) in [4.78, 5) is 16.1. The second-order valence-corrected chi connectivity index (χ2v) is 17.2. The van der Waals surface area contributed by atoms with Gasteiger partial charge in [-0.15, -0.1) is 0 Å². The second kappa shape index (κ2) is 14.3. The standard InChI is InChI=1S/C61H36N4O/c1-2-12-37(13-3-1)38-22-25-41(26-23-38)59-62-60(45-28-30-47-44(32-45)27-24-39-14-6-8-18-46(39)47)64-61(63-59)52-36-57-50(49-20-10-11-21-56(49)66-57)35-55(52)65-53-31-29-40-15-7-9-19-48(40)58(53)51-33-42-16-4-5-17-43(42)34-54(51)65/h1-36H. The molecule has 0 unspecified atom stereocenters. The van der Waals surface area contributed by atoms with Gasteiger partial charge in [-0.3, -0.25) is 0 Å². The monoisotopic (exact) mass is 840 g/mol. The maximum atomic E-state index is 6.67. The molecule has 0 radical (unpaired) electrons. The summed E-state index contributed by atoms with van der Waals surface area (Å²) in [6.45, 7) is 0. The van der Waals surface area contributed by atoms with Crippen molar-refractivity contribution in [2.75, 3.05) is 0 Å². The molecule has 0 aliphatic heterocycles. The van der Waals surface area contributed by atoms with E-state index in [1.807, 2.05) is 18.2 Å².